The molecule has 0 aliphatic heterocycles. The smallest absolute Gasteiger partial charge is 0.445 e. The maximum Gasteiger partial charge on any atom is 1.00 e. The first-order valence-corrected chi connectivity index (χ1v) is 4.72. The van der Waals surface area contributed by atoms with E-state index < -0.39 is 19.1 Å². The normalized spacial score (nSPS) is 12.1. The first-order chi connectivity index (χ1) is 6.63. The van der Waals surface area contributed by atoms with Crippen molar-refractivity contribution in [3.8, 4) is 0 Å². The van der Waals surface area contributed by atoms with Crippen LogP contribution in [0.2, 0.25) is 0 Å². The molecule has 16 heavy (non-hydrogen) atoms. The Kier molecular flexibility index (Phi) is 10.1. The minimum absolute atomic E-state index is 0. The summed E-state index contributed by atoms with van der Waals surface area (Å²) in [5.41, 5.74) is -1.11. The number of rotatable bonds is 6. The zero-order valence-corrected chi connectivity index (χ0v) is 13.5. The van der Waals surface area contributed by atoms with Gasteiger partial charge in [-0.2, -0.15) is 0 Å². The van der Waals surface area contributed by atoms with Crippen LogP contribution < -0.4 is 51.4 Å². The third kappa shape index (κ3) is 11.6. The predicted octanol–water partition coefficient (Wildman–Crippen LogP) is -0.235. The molecule has 0 aromatic heterocycles. The Morgan fingerprint density at radius 2 is 1.69 bits per heavy atom. The van der Waals surface area contributed by atoms with Crippen molar-refractivity contribution in [2.24, 2.45) is 0 Å². The molecule has 0 bridgehead atoms. The fraction of sp³-hybridized carbons (Fsp3) is 0.778. The summed E-state index contributed by atoms with van der Waals surface area (Å²) in [5, 5.41) is 0. The SMILES string of the molecule is C=C(COCCOC(C)(C)C)[B-](F)(F)F.[K+]. The van der Waals surface area contributed by atoms with Crippen molar-refractivity contribution in [1.82, 2.24) is 0 Å². The minimum Gasteiger partial charge on any atom is -0.445 e. The minimum atomic E-state index is -4.98. The number of ether oxygens (including phenoxy) is 2. The Morgan fingerprint density at radius 3 is 2.06 bits per heavy atom. The van der Waals surface area contributed by atoms with E-state index in [-0.39, 0.29) is 70.2 Å². The molecule has 0 aromatic rings. The van der Waals surface area contributed by atoms with Crippen LogP contribution in [0.3, 0.4) is 0 Å². The second kappa shape index (κ2) is 8.29. The molecule has 0 saturated heterocycles. The third-order valence-corrected chi connectivity index (χ3v) is 1.51. The molecule has 0 saturated carbocycles. The van der Waals surface area contributed by atoms with Crippen molar-refractivity contribution in [3.05, 3.63) is 12.1 Å². The molecule has 90 valence electrons. The van der Waals surface area contributed by atoms with Crippen molar-refractivity contribution in [1.29, 1.82) is 0 Å². The summed E-state index contributed by atoms with van der Waals surface area (Å²) in [7, 11) is 0. The first kappa shape index (κ1) is 19.5. The Morgan fingerprint density at radius 1 is 1.19 bits per heavy atom. The molecule has 0 unspecified atom stereocenters. The topological polar surface area (TPSA) is 18.5 Å². The summed E-state index contributed by atoms with van der Waals surface area (Å²) in [6.45, 7) is 3.48. The van der Waals surface area contributed by atoms with Gasteiger partial charge in [-0.1, -0.05) is 0 Å². The summed E-state index contributed by atoms with van der Waals surface area (Å²) in [5.74, 6) is 0. The monoisotopic (exact) mass is 264 g/mol. The van der Waals surface area contributed by atoms with Gasteiger partial charge in [-0.3, -0.25) is 0 Å². The summed E-state index contributed by atoms with van der Waals surface area (Å²) in [4.78, 5) is 0. The molecule has 0 rings (SSSR count). The quantitative estimate of drug-likeness (QED) is 0.487. The maximum absolute atomic E-state index is 12.0. The Bertz CT molecular complexity index is 214. The van der Waals surface area contributed by atoms with Crippen LogP contribution in [0.15, 0.2) is 12.1 Å². The molecule has 0 spiro atoms. The van der Waals surface area contributed by atoms with Crippen molar-refractivity contribution in [2.45, 2.75) is 26.4 Å². The van der Waals surface area contributed by atoms with E-state index >= 15 is 0 Å². The van der Waals surface area contributed by atoms with Crippen molar-refractivity contribution < 1.29 is 73.8 Å². The van der Waals surface area contributed by atoms with Gasteiger partial charge in [0.2, 0.25) is 0 Å². The van der Waals surface area contributed by atoms with Crippen molar-refractivity contribution in [3.63, 3.8) is 0 Å². The molecule has 0 radical (unpaired) electrons. The molecule has 2 nitrogen and oxygen atoms in total. The molecule has 0 aliphatic rings. The molecule has 0 heterocycles. The van der Waals surface area contributed by atoms with Crippen LogP contribution in [0.25, 0.3) is 0 Å². The van der Waals surface area contributed by atoms with Gasteiger partial charge < -0.3 is 22.4 Å². The molecule has 7 heteroatoms. The van der Waals surface area contributed by atoms with Crippen LogP contribution in [0.1, 0.15) is 20.8 Å². The van der Waals surface area contributed by atoms with E-state index in [1.165, 1.54) is 0 Å². The predicted molar refractivity (Wildman–Crippen MR) is 54.7 cm³/mol. The third-order valence-electron chi connectivity index (χ3n) is 1.51. The fourth-order valence-corrected chi connectivity index (χ4v) is 0.705. The second-order valence-corrected chi connectivity index (χ2v) is 4.25. The Hall–Kier alpha value is 1.15. The van der Waals surface area contributed by atoms with E-state index in [9.17, 15) is 12.9 Å². The van der Waals surface area contributed by atoms with Crippen LogP contribution in [-0.2, 0) is 9.47 Å². The molecule has 0 aliphatic carbocycles. The summed E-state index contributed by atoms with van der Waals surface area (Å²) in [6.07, 6.45) is 0. The molecule has 0 aromatic carbocycles. The summed E-state index contributed by atoms with van der Waals surface area (Å²) < 4.78 is 46.1. The number of hydrogen-bond acceptors (Lipinski definition) is 2. The standard InChI is InChI=1S/C9H17BF3O2.K/c1-8(10(11,12)13)7-14-5-6-15-9(2,3)4;/h1,5-7H2,2-4H3;/q-1;+1. The zero-order valence-electron chi connectivity index (χ0n) is 10.4. The zero-order chi connectivity index (χ0) is 12.1. The van der Waals surface area contributed by atoms with Crippen LogP contribution in [0.4, 0.5) is 12.9 Å². The molecule has 0 fully saturated rings. The van der Waals surface area contributed by atoms with Gasteiger partial charge in [0.1, 0.15) is 0 Å². The molecular weight excluding hydrogens is 247 g/mol. The first-order valence-electron chi connectivity index (χ1n) is 4.72. The Labute approximate surface area is 137 Å². The van der Waals surface area contributed by atoms with Crippen LogP contribution >= 0.6 is 0 Å². The molecule has 0 N–H and O–H groups in total. The Balaban J connectivity index is 0. The van der Waals surface area contributed by atoms with E-state index in [0.717, 1.165) is 0 Å². The van der Waals surface area contributed by atoms with E-state index in [2.05, 4.69) is 6.58 Å². The number of hydrogen-bond donors (Lipinski definition) is 0. The summed E-state index contributed by atoms with van der Waals surface area (Å²) in [6, 6.07) is 0. The maximum atomic E-state index is 12.0. The van der Waals surface area contributed by atoms with Crippen LogP contribution in [0.5, 0.6) is 0 Å². The van der Waals surface area contributed by atoms with Gasteiger partial charge in [0.05, 0.1) is 18.8 Å². The van der Waals surface area contributed by atoms with Gasteiger partial charge in [-0.25, -0.2) is 0 Å². The molecule has 0 amide bonds. The van der Waals surface area contributed by atoms with Gasteiger partial charge in [0.25, 0.3) is 0 Å². The van der Waals surface area contributed by atoms with E-state index in [4.69, 9.17) is 9.47 Å². The van der Waals surface area contributed by atoms with Crippen LogP contribution in [-0.4, -0.2) is 32.4 Å². The average molecular weight is 264 g/mol. The van der Waals surface area contributed by atoms with Crippen molar-refractivity contribution >= 4 is 6.98 Å². The van der Waals surface area contributed by atoms with Gasteiger partial charge in [-0.05, 0) is 20.8 Å². The second-order valence-electron chi connectivity index (χ2n) is 4.25. The van der Waals surface area contributed by atoms with Gasteiger partial charge in [-0.15, -0.1) is 12.1 Å². The van der Waals surface area contributed by atoms with Crippen LogP contribution in [0, 0.1) is 0 Å². The largest absolute Gasteiger partial charge is 1.00 e. The average Bonchev–Trinajstić information content (AvgIpc) is 1.99. The van der Waals surface area contributed by atoms with Crippen molar-refractivity contribution in [2.75, 3.05) is 19.8 Å². The number of halogens is 3. The van der Waals surface area contributed by atoms with E-state index in [1.807, 2.05) is 20.8 Å². The molecular formula is C9H17BF3KO2. The molecule has 0 atom stereocenters. The van der Waals surface area contributed by atoms with Gasteiger partial charge in [0.15, 0.2) is 0 Å². The van der Waals surface area contributed by atoms with Gasteiger partial charge in [0, 0.05) is 6.61 Å². The van der Waals surface area contributed by atoms with E-state index in [0.29, 0.717) is 0 Å². The summed E-state index contributed by atoms with van der Waals surface area (Å²) >= 11 is 0. The fourth-order valence-electron chi connectivity index (χ4n) is 0.705. The van der Waals surface area contributed by atoms with Gasteiger partial charge >= 0.3 is 58.4 Å². The van der Waals surface area contributed by atoms with E-state index in [1.54, 1.807) is 0 Å².